The van der Waals surface area contributed by atoms with E-state index in [0.717, 1.165) is 0 Å². The van der Waals surface area contributed by atoms with Gasteiger partial charge < -0.3 is 21.1 Å². The molecule has 0 aliphatic rings. The van der Waals surface area contributed by atoms with E-state index in [4.69, 9.17) is 10.5 Å². The zero-order valence-electron chi connectivity index (χ0n) is 9.69. The Labute approximate surface area is 99.1 Å². The van der Waals surface area contributed by atoms with Crippen molar-refractivity contribution in [3.8, 4) is 0 Å². The van der Waals surface area contributed by atoms with Gasteiger partial charge in [0.15, 0.2) is 0 Å². The predicted molar refractivity (Wildman–Crippen MR) is 64.7 cm³/mol. The van der Waals surface area contributed by atoms with Crippen LogP contribution in [0.5, 0.6) is 0 Å². The van der Waals surface area contributed by atoms with E-state index in [0.29, 0.717) is 11.4 Å². The molecule has 92 valence electrons. The Morgan fingerprint density at radius 2 is 1.88 bits per heavy atom. The third kappa shape index (κ3) is 4.12. The van der Waals surface area contributed by atoms with Gasteiger partial charge in [-0.25, -0.2) is 4.79 Å². The van der Waals surface area contributed by atoms with Gasteiger partial charge in [-0.1, -0.05) is 6.07 Å². The highest BCUT2D eigenvalue weighted by atomic mass is 16.5. The van der Waals surface area contributed by atoms with Crippen LogP contribution in [0.3, 0.4) is 0 Å². The van der Waals surface area contributed by atoms with Gasteiger partial charge in [-0.05, 0) is 25.1 Å². The van der Waals surface area contributed by atoms with E-state index in [2.05, 4.69) is 10.6 Å². The fourth-order valence-electron chi connectivity index (χ4n) is 1.17. The first-order chi connectivity index (χ1) is 8.02. The molecule has 6 heteroatoms. The number of primary amides is 1. The molecule has 3 amide bonds. The number of benzene rings is 1. The predicted octanol–water partition coefficient (Wildman–Crippen LogP) is 1.15. The smallest absolute Gasteiger partial charge is 0.316 e. The lowest BCUT2D eigenvalue weighted by Crippen LogP contribution is -2.26. The molecule has 0 saturated heterocycles. The van der Waals surface area contributed by atoms with E-state index < -0.39 is 12.1 Å². The van der Waals surface area contributed by atoms with Crippen molar-refractivity contribution in [1.82, 2.24) is 0 Å². The van der Waals surface area contributed by atoms with Crippen LogP contribution < -0.4 is 16.4 Å². The fourth-order valence-corrected chi connectivity index (χ4v) is 1.17. The Kier molecular flexibility index (Phi) is 4.47. The second-order valence-electron chi connectivity index (χ2n) is 3.44. The molecule has 4 N–H and O–H groups in total. The average molecular weight is 237 g/mol. The Balaban J connectivity index is 2.72. The summed E-state index contributed by atoms with van der Waals surface area (Å²) >= 11 is 0. The maximum atomic E-state index is 11.5. The number of nitrogens with one attached hydrogen (secondary N) is 2. The summed E-state index contributed by atoms with van der Waals surface area (Å²) in [5, 5.41) is 5.07. The number of nitrogens with two attached hydrogens (primary N) is 1. The van der Waals surface area contributed by atoms with Crippen LogP contribution in [0, 0.1) is 0 Å². The van der Waals surface area contributed by atoms with Crippen LogP contribution in [-0.2, 0) is 9.53 Å². The highest BCUT2D eigenvalue weighted by Crippen LogP contribution is 2.15. The topological polar surface area (TPSA) is 93.4 Å². The highest BCUT2D eigenvalue weighted by Gasteiger charge is 2.11. The average Bonchev–Trinajstić information content (AvgIpc) is 2.27. The number of ether oxygens (including phenoxy) is 1. The lowest BCUT2D eigenvalue weighted by Gasteiger charge is -2.11. The minimum absolute atomic E-state index is 0.260. The van der Waals surface area contributed by atoms with E-state index >= 15 is 0 Å². The molecule has 1 unspecified atom stereocenters. The van der Waals surface area contributed by atoms with Crippen molar-refractivity contribution in [3.63, 3.8) is 0 Å². The third-order valence-electron chi connectivity index (χ3n) is 2.12. The van der Waals surface area contributed by atoms with E-state index in [1.807, 2.05) is 0 Å². The molecular weight excluding hydrogens is 222 g/mol. The highest BCUT2D eigenvalue weighted by molar-refractivity contribution is 5.95. The van der Waals surface area contributed by atoms with Crippen LogP contribution in [0.4, 0.5) is 16.2 Å². The first-order valence-corrected chi connectivity index (χ1v) is 5.03. The van der Waals surface area contributed by atoms with Gasteiger partial charge in [0, 0.05) is 18.5 Å². The third-order valence-corrected chi connectivity index (χ3v) is 2.12. The van der Waals surface area contributed by atoms with Gasteiger partial charge in [-0.2, -0.15) is 0 Å². The number of rotatable bonds is 4. The number of carbonyl (C=O) groups excluding carboxylic acids is 2. The van der Waals surface area contributed by atoms with Crippen LogP contribution in [0.1, 0.15) is 6.92 Å². The van der Waals surface area contributed by atoms with Crippen molar-refractivity contribution in [3.05, 3.63) is 24.3 Å². The Bertz CT molecular complexity index is 420. The monoisotopic (exact) mass is 237 g/mol. The van der Waals surface area contributed by atoms with E-state index in [1.54, 1.807) is 31.2 Å². The molecule has 17 heavy (non-hydrogen) atoms. The molecule has 0 heterocycles. The Hall–Kier alpha value is -2.08. The summed E-state index contributed by atoms with van der Waals surface area (Å²) in [4.78, 5) is 22.2. The summed E-state index contributed by atoms with van der Waals surface area (Å²) in [5.41, 5.74) is 6.06. The molecule has 0 aliphatic heterocycles. The van der Waals surface area contributed by atoms with Crippen molar-refractivity contribution in [2.45, 2.75) is 13.0 Å². The summed E-state index contributed by atoms with van der Waals surface area (Å²) in [7, 11) is 1.45. The second-order valence-corrected chi connectivity index (χ2v) is 3.44. The standard InChI is InChI=1S/C11H15N3O3/c1-7(17-2)10(15)13-8-4-3-5-9(6-8)14-11(12)16/h3-7H,1-2H3,(H,13,15)(H3,12,14,16). The van der Waals surface area contributed by atoms with E-state index in [-0.39, 0.29) is 5.91 Å². The van der Waals surface area contributed by atoms with Gasteiger partial charge >= 0.3 is 6.03 Å². The van der Waals surface area contributed by atoms with Crippen LogP contribution in [-0.4, -0.2) is 25.2 Å². The first kappa shape index (κ1) is 13.0. The number of hydrogen-bond acceptors (Lipinski definition) is 3. The number of hydrogen-bond donors (Lipinski definition) is 3. The maximum Gasteiger partial charge on any atom is 0.316 e. The summed E-state index contributed by atoms with van der Waals surface area (Å²) in [6.07, 6.45) is -0.539. The first-order valence-electron chi connectivity index (χ1n) is 5.03. The molecule has 1 rings (SSSR count). The van der Waals surface area contributed by atoms with Gasteiger partial charge in [0.2, 0.25) is 0 Å². The van der Waals surface area contributed by atoms with Gasteiger partial charge in [-0.15, -0.1) is 0 Å². The SMILES string of the molecule is COC(C)C(=O)Nc1cccc(NC(N)=O)c1. The molecular formula is C11H15N3O3. The molecule has 0 bridgehead atoms. The molecule has 0 aromatic heterocycles. The molecule has 0 saturated carbocycles. The summed E-state index contributed by atoms with van der Waals surface area (Å²) in [6.45, 7) is 1.64. The lowest BCUT2D eigenvalue weighted by molar-refractivity contribution is -0.124. The van der Waals surface area contributed by atoms with Crippen LogP contribution in [0.2, 0.25) is 0 Å². The van der Waals surface area contributed by atoms with Gasteiger partial charge in [-0.3, -0.25) is 4.79 Å². The molecule has 1 aromatic rings. The molecule has 6 nitrogen and oxygen atoms in total. The van der Waals surface area contributed by atoms with Crippen LogP contribution in [0.15, 0.2) is 24.3 Å². The largest absolute Gasteiger partial charge is 0.372 e. The minimum Gasteiger partial charge on any atom is -0.372 e. The normalized spacial score (nSPS) is 11.6. The van der Waals surface area contributed by atoms with Crippen LogP contribution in [0.25, 0.3) is 0 Å². The number of urea groups is 1. The van der Waals surface area contributed by atoms with Gasteiger partial charge in [0.1, 0.15) is 6.10 Å². The number of carbonyl (C=O) groups is 2. The van der Waals surface area contributed by atoms with Crippen molar-refractivity contribution < 1.29 is 14.3 Å². The molecule has 1 atom stereocenters. The number of anilines is 2. The van der Waals surface area contributed by atoms with Gasteiger partial charge in [0.05, 0.1) is 0 Å². The summed E-state index contributed by atoms with van der Waals surface area (Å²) in [5.74, 6) is -0.260. The fraction of sp³-hybridized carbons (Fsp3) is 0.273. The van der Waals surface area contributed by atoms with Crippen molar-refractivity contribution in [2.75, 3.05) is 17.7 Å². The molecule has 0 aliphatic carbocycles. The minimum atomic E-state index is -0.654. The van der Waals surface area contributed by atoms with Crippen molar-refractivity contribution in [2.24, 2.45) is 5.73 Å². The van der Waals surface area contributed by atoms with E-state index in [1.165, 1.54) is 7.11 Å². The molecule has 0 spiro atoms. The van der Waals surface area contributed by atoms with E-state index in [9.17, 15) is 9.59 Å². The summed E-state index contributed by atoms with van der Waals surface area (Å²) < 4.78 is 4.88. The quantitative estimate of drug-likeness (QED) is 0.733. The number of amides is 3. The molecule has 0 fully saturated rings. The van der Waals surface area contributed by atoms with Crippen LogP contribution >= 0.6 is 0 Å². The van der Waals surface area contributed by atoms with Crippen molar-refractivity contribution in [1.29, 1.82) is 0 Å². The van der Waals surface area contributed by atoms with Gasteiger partial charge in [0.25, 0.3) is 5.91 Å². The second kappa shape index (κ2) is 5.86. The Morgan fingerprint density at radius 1 is 1.29 bits per heavy atom. The molecule has 0 radical (unpaired) electrons. The number of methoxy groups -OCH3 is 1. The zero-order valence-corrected chi connectivity index (χ0v) is 9.69. The zero-order chi connectivity index (χ0) is 12.8. The van der Waals surface area contributed by atoms with Crippen molar-refractivity contribution >= 4 is 23.3 Å². The maximum absolute atomic E-state index is 11.5. The lowest BCUT2D eigenvalue weighted by atomic mass is 10.2. The summed E-state index contributed by atoms with van der Waals surface area (Å²) in [6, 6.07) is 6.01. The Morgan fingerprint density at radius 3 is 2.41 bits per heavy atom. The molecule has 1 aromatic carbocycles.